The summed E-state index contributed by atoms with van der Waals surface area (Å²) in [6.07, 6.45) is 2.85. The molecule has 0 radical (unpaired) electrons. The Labute approximate surface area is 187 Å². The summed E-state index contributed by atoms with van der Waals surface area (Å²) in [4.78, 5) is 29.2. The highest BCUT2D eigenvalue weighted by molar-refractivity contribution is 6.31. The summed E-state index contributed by atoms with van der Waals surface area (Å²) in [7, 11) is 0. The Balaban J connectivity index is 1.56. The highest BCUT2D eigenvalue weighted by Crippen LogP contribution is 2.24. The number of benzene rings is 2. The molecule has 2 aromatic heterocycles. The molecule has 4 rings (SSSR count). The molecule has 32 heavy (non-hydrogen) atoms. The molecule has 2 aromatic carbocycles. The van der Waals surface area contributed by atoms with E-state index in [1.165, 1.54) is 28.9 Å². The van der Waals surface area contributed by atoms with Crippen molar-refractivity contribution in [3.63, 3.8) is 0 Å². The molecule has 0 saturated carbocycles. The van der Waals surface area contributed by atoms with Crippen molar-refractivity contribution in [1.82, 2.24) is 19.2 Å². The predicted molar refractivity (Wildman–Crippen MR) is 118 cm³/mol. The van der Waals surface area contributed by atoms with Gasteiger partial charge in [-0.25, -0.2) is 23.3 Å². The lowest BCUT2D eigenvalue weighted by Gasteiger charge is -2.08. The van der Waals surface area contributed by atoms with Gasteiger partial charge in [0.2, 0.25) is 11.6 Å². The van der Waals surface area contributed by atoms with Crippen LogP contribution in [0.3, 0.4) is 0 Å². The van der Waals surface area contributed by atoms with Gasteiger partial charge in [0.15, 0.2) is 0 Å². The lowest BCUT2D eigenvalue weighted by molar-refractivity contribution is -0.117. The first-order valence-electron chi connectivity index (χ1n) is 9.78. The molecule has 1 amide bonds. The van der Waals surface area contributed by atoms with Crippen molar-refractivity contribution in [3.8, 4) is 11.6 Å². The smallest absolute Gasteiger partial charge is 0.351 e. The maximum atomic E-state index is 13.3. The number of nitrogens with zero attached hydrogens (tertiary/aromatic N) is 4. The van der Waals surface area contributed by atoms with Crippen molar-refractivity contribution in [2.24, 2.45) is 0 Å². The van der Waals surface area contributed by atoms with Crippen molar-refractivity contribution in [1.29, 1.82) is 0 Å². The molecule has 0 unspecified atom stereocenters. The van der Waals surface area contributed by atoms with Crippen LogP contribution in [0.1, 0.15) is 25.3 Å². The summed E-state index contributed by atoms with van der Waals surface area (Å²) >= 11 is 5.73. The molecular weight excluding hydrogens is 437 g/mol. The van der Waals surface area contributed by atoms with Crippen LogP contribution in [0.4, 0.5) is 10.1 Å². The van der Waals surface area contributed by atoms with Crippen LogP contribution >= 0.6 is 11.6 Å². The second kappa shape index (κ2) is 8.80. The molecule has 0 fully saturated rings. The third-order valence-corrected chi connectivity index (χ3v) is 5.02. The monoisotopic (exact) mass is 455 g/mol. The number of ether oxygens (including phenoxy) is 1. The first kappa shape index (κ1) is 21.5. The van der Waals surface area contributed by atoms with E-state index in [9.17, 15) is 14.0 Å². The highest BCUT2D eigenvalue weighted by atomic mass is 35.5. The fourth-order valence-electron chi connectivity index (χ4n) is 3.04. The van der Waals surface area contributed by atoms with Crippen LogP contribution in [0.2, 0.25) is 5.02 Å². The standard InChI is InChI=1S/C22H19ClFN5O3/c1-13(2)14-3-6-16(7-4-14)32-21-20-27-29(22(31)28(20)10-9-25-21)12-19(30)26-15-5-8-18(24)17(23)11-15/h3-11,13H,12H2,1-2H3,(H,26,30). The molecule has 10 heteroatoms. The molecule has 164 valence electrons. The van der Waals surface area contributed by atoms with Gasteiger partial charge in [0.05, 0.1) is 5.02 Å². The van der Waals surface area contributed by atoms with Gasteiger partial charge in [0, 0.05) is 18.1 Å². The van der Waals surface area contributed by atoms with E-state index in [2.05, 4.69) is 29.2 Å². The van der Waals surface area contributed by atoms with E-state index in [0.717, 1.165) is 16.3 Å². The number of carbonyl (C=O) groups excluding carboxylic acids is 1. The topological polar surface area (TPSA) is 90.5 Å². The second-order valence-corrected chi connectivity index (χ2v) is 7.78. The number of fused-ring (bicyclic) bond motifs is 1. The van der Waals surface area contributed by atoms with E-state index in [1.54, 1.807) is 0 Å². The van der Waals surface area contributed by atoms with E-state index in [-0.39, 0.29) is 23.1 Å². The third-order valence-electron chi connectivity index (χ3n) is 4.73. The Morgan fingerprint density at radius 3 is 2.66 bits per heavy atom. The molecule has 1 N–H and O–H groups in total. The zero-order valence-corrected chi connectivity index (χ0v) is 18.0. The quantitative estimate of drug-likeness (QED) is 0.469. The average Bonchev–Trinajstić information content (AvgIpc) is 3.07. The molecule has 0 spiro atoms. The van der Waals surface area contributed by atoms with Gasteiger partial charge in [-0.3, -0.25) is 4.79 Å². The average molecular weight is 456 g/mol. The van der Waals surface area contributed by atoms with Gasteiger partial charge in [-0.2, -0.15) is 0 Å². The number of carbonyl (C=O) groups is 1. The summed E-state index contributed by atoms with van der Waals surface area (Å²) in [5, 5.41) is 6.63. The van der Waals surface area contributed by atoms with Gasteiger partial charge in [-0.15, -0.1) is 5.10 Å². The number of hydrogen-bond donors (Lipinski definition) is 1. The van der Waals surface area contributed by atoms with Crippen molar-refractivity contribution in [3.05, 3.63) is 81.7 Å². The van der Waals surface area contributed by atoms with Gasteiger partial charge < -0.3 is 10.1 Å². The predicted octanol–water partition coefficient (Wildman–Crippen LogP) is 4.24. The normalized spacial score (nSPS) is 11.2. The summed E-state index contributed by atoms with van der Waals surface area (Å²) in [6.45, 7) is 3.83. The molecule has 4 aromatic rings. The number of rotatable bonds is 6. The number of anilines is 1. The van der Waals surface area contributed by atoms with Crippen LogP contribution in [-0.2, 0) is 11.3 Å². The second-order valence-electron chi connectivity index (χ2n) is 7.37. The van der Waals surface area contributed by atoms with Crippen LogP contribution in [-0.4, -0.2) is 25.1 Å². The van der Waals surface area contributed by atoms with Gasteiger partial charge >= 0.3 is 5.69 Å². The molecule has 0 saturated heterocycles. The number of nitrogens with one attached hydrogen (secondary N) is 1. The van der Waals surface area contributed by atoms with Crippen LogP contribution < -0.4 is 15.7 Å². The number of amides is 1. The fraction of sp³-hybridized carbons (Fsp3) is 0.182. The largest absolute Gasteiger partial charge is 0.436 e. The van der Waals surface area contributed by atoms with Gasteiger partial charge in [-0.05, 0) is 41.8 Å². The molecular formula is C22H19ClFN5O3. The number of halogens is 2. The van der Waals surface area contributed by atoms with E-state index in [4.69, 9.17) is 16.3 Å². The van der Waals surface area contributed by atoms with Crippen molar-refractivity contribution >= 4 is 28.8 Å². The van der Waals surface area contributed by atoms with E-state index < -0.39 is 17.4 Å². The van der Waals surface area contributed by atoms with E-state index in [1.807, 2.05) is 24.3 Å². The van der Waals surface area contributed by atoms with Crippen molar-refractivity contribution < 1.29 is 13.9 Å². The maximum Gasteiger partial charge on any atom is 0.351 e. The molecule has 0 aliphatic rings. The Hall–Kier alpha value is -3.72. The Morgan fingerprint density at radius 1 is 1.22 bits per heavy atom. The minimum atomic E-state index is -0.597. The van der Waals surface area contributed by atoms with Gasteiger partial charge in [-0.1, -0.05) is 37.6 Å². The van der Waals surface area contributed by atoms with Gasteiger partial charge in [0.1, 0.15) is 18.1 Å². The summed E-state index contributed by atoms with van der Waals surface area (Å²) in [6, 6.07) is 11.3. The van der Waals surface area contributed by atoms with Crippen LogP contribution in [0.25, 0.3) is 5.65 Å². The molecule has 8 nitrogen and oxygen atoms in total. The van der Waals surface area contributed by atoms with Crippen LogP contribution in [0.5, 0.6) is 11.6 Å². The Bertz CT molecular complexity index is 1350. The fourth-order valence-corrected chi connectivity index (χ4v) is 3.22. The van der Waals surface area contributed by atoms with E-state index >= 15 is 0 Å². The minimum Gasteiger partial charge on any atom is -0.436 e. The van der Waals surface area contributed by atoms with Crippen molar-refractivity contribution in [2.75, 3.05) is 5.32 Å². The summed E-state index contributed by atoms with van der Waals surface area (Å²) in [5.41, 5.74) is 1.10. The number of hydrogen-bond acceptors (Lipinski definition) is 5. The zero-order chi connectivity index (χ0) is 22.8. The van der Waals surface area contributed by atoms with E-state index in [0.29, 0.717) is 17.4 Å². The zero-order valence-electron chi connectivity index (χ0n) is 17.3. The lowest BCUT2D eigenvalue weighted by Crippen LogP contribution is -2.28. The Kier molecular flexibility index (Phi) is 5.91. The first-order chi connectivity index (χ1) is 15.3. The molecule has 2 heterocycles. The molecule has 0 aliphatic carbocycles. The van der Waals surface area contributed by atoms with Crippen LogP contribution in [0, 0.1) is 5.82 Å². The summed E-state index contributed by atoms with van der Waals surface area (Å²) < 4.78 is 21.3. The molecule has 0 atom stereocenters. The molecule has 0 bridgehead atoms. The van der Waals surface area contributed by atoms with Crippen molar-refractivity contribution in [2.45, 2.75) is 26.3 Å². The maximum absolute atomic E-state index is 13.3. The van der Waals surface area contributed by atoms with Crippen LogP contribution in [0.15, 0.2) is 59.7 Å². The lowest BCUT2D eigenvalue weighted by atomic mass is 10.0. The summed E-state index contributed by atoms with van der Waals surface area (Å²) in [5.74, 6) is -0.0655. The third kappa shape index (κ3) is 4.47. The Morgan fingerprint density at radius 2 is 1.97 bits per heavy atom. The SMILES string of the molecule is CC(C)c1ccc(Oc2nccn3c(=O)n(CC(=O)Nc4ccc(F)c(Cl)c4)nc23)cc1. The highest BCUT2D eigenvalue weighted by Gasteiger charge is 2.16. The minimum absolute atomic E-state index is 0.123. The first-order valence-corrected chi connectivity index (χ1v) is 10.2. The number of aromatic nitrogens is 4. The molecule has 0 aliphatic heterocycles. The van der Waals surface area contributed by atoms with Gasteiger partial charge in [0.25, 0.3) is 5.88 Å².